The predicted molar refractivity (Wildman–Crippen MR) is 78.3 cm³/mol. The van der Waals surface area contributed by atoms with Gasteiger partial charge < -0.3 is 10.8 Å². The Hall–Kier alpha value is -0.950. The van der Waals surface area contributed by atoms with Gasteiger partial charge in [0.2, 0.25) is 10.0 Å². The van der Waals surface area contributed by atoms with Crippen LogP contribution in [0.5, 0.6) is 0 Å². The molecule has 3 N–H and O–H groups in total. The van der Waals surface area contributed by atoms with E-state index in [1.54, 1.807) is 13.1 Å². The monoisotopic (exact) mass is 298 g/mol. The van der Waals surface area contributed by atoms with Crippen LogP contribution in [0.4, 0.5) is 0 Å². The summed E-state index contributed by atoms with van der Waals surface area (Å²) in [7, 11) is -1.71. The van der Waals surface area contributed by atoms with E-state index in [1.165, 1.54) is 4.31 Å². The molecule has 5 nitrogen and oxygen atoms in total. The number of aliphatic hydroxyl groups is 1. The van der Waals surface area contributed by atoms with Gasteiger partial charge in [-0.25, -0.2) is 12.7 Å². The Morgan fingerprint density at radius 2 is 2.00 bits per heavy atom. The Kier molecular flexibility index (Phi) is 4.80. The van der Waals surface area contributed by atoms with Gasteiger partial charge in [0.15, 0.2) is 0 Å². The normalized spacial score (nSPS) is 22.8. The van der Waals surface area contributed by atoms with Gasteiger partial charge >= 0.3 is 0 Å². The van der Waals surface area contributed by atoms with Crippen LogP contribution in [0, 0.1) is 5.92 Å². The van der Waals surface area contributed by atoms with Crippen LogP contribution in [-0.4, -0.2) is 37.5 Å². The van der Waals surface area contributed by atoms with Crippen LogP contribution in [0.3, 0.4) is 0 Å². The molecule has 1 aliphatic carbocycles. The zero-order valence-electron chi connectivity index (χ0n) is 11.7. The van der Waals surface area contributed by atoms with Crippen molar-refractivity contribution >= 4 is 10.0 Å². The molecule has 0 bridgehead atoms. The molecule has 0 heterocycles. The summed E-state index contributed by atoms with van der Waals surface area (Å²) in [5.74, 6) is 0.271. The fourth-order valence-corrected chi connectivity index (χ4v) is 3.75. The topological polar surface area (TPSA) is 83.6 Å². The molecule has 0 saturated heterocycles. The van der Waals surface area contributed by atoms with E-state index >= 15 is 0 Å². The van der Waals surface area contributed by atoms with Crippen molar-refractivity contribution in [2.75, 3.05) is 13.6 Å². The molecule has 2 rings (SSSR count). The lowest BCUT2D eigenvalue weighted by atomic mass is 9.82. The average molecular weight is 298 g/mol. The Balaban J connectivity index is 1.98. The molecule has 1 aliphatic rings. The van der Waals surface area contributed by atoms with Crippen LogP contribution in [0.2, 0.25) is 0 Å². The van der Waals surface area contributed by atoms with E-state index in [-0.39, 0.29) is 17.8 Å². The zero-order chi connectivity index (χ0) is 14.8. The number of nitrogens with zero attached hydrogens (tertiary/aromatic N) is 1. The summed E-state index contributed by atoms with van der Waals surface area (Å²) in [5, 5.41) is 9.25. The van der Waals surface area contributed by atoms with Gasteiger partial charge in [0.05, 0.1) is 11.9 Å². The molecule has 0 radical (unpaired) electrons. The number of aliphatic hydroxyl groups excluding tert-OH is 1. The maximum atomic E-state index is 12.3. The predicted octanol–water partition coefficient (Wildman–Crippen LogP) is 0.678. The summed E-state index contributed by atoms with van der Waals surface area (Å²) in [5.41, 5.74) is 7.25. The summed E-state index contributed by atoms with van der Waals surface area (Å²) in [6, 6.07) is 7.35. The summed E-state index contributed by atoms with van der Waals surface area (Å²) in [6.07, 6.45) is 1.14. The van der Waals surface area contributed by atoms with Crippen LogP contribution in [0.25, 0.3) is 0 Å². The molecule has 1 saturated carbocycles. The van der Waals surface area contributed by atoms with Gasteiger partial charge in [-0.05, 0) is 29.9 Å². The van der Waals surface area contributed by atoms with Crippen LogP contribution in [-0.2, 0) is 22.3 Å². The van der Waals surface area contributed by atoms with E-state index < -0.39 is 10.0 Å². The summed E-state index contributed by atoms with van der Waals surface area (Å²) in [4.78, 5) is 0. The smallest absolute Gasteiger partial charge is 0.218 e. The zero-order valence-corrected chi connectivity index (χ0v) is 12.5. The maximum absolute atomic E-state index is 12.3. The fraction of sp³-hybridized carbons (Fsp3) is 0.571. The Labute approximate surface area is 120 Å². The summed E-state index contributed by atoms with van der Waals surface area (Å²) >= 11 is 0. The molecule has 112 valence electrons. The molecule has 1 aromatic rings. The second-order valence-electron chi connectivity index (χ2n) is 5.55. The Morgan fingerprint density at radius 1 is 1.35 bits per heavy atom. The molecular weight excluding hydrogens is 276 g/mol. The van der Waals surface area contributed by atoms with Crippen LogP contribution >= 0.6 is 0 Å². The van der Waals surface area contributed by atoms with E-state index in [9.17, 15) is 13.5 Å². The standard InChI is InChI=1S/C14H22N2O3S/c1-16(9-13-6-14(17)7-13)20(18,19)10-12-4-2-3-11(5-12)8-15/h2-5,13-14,17H,6-10,15H2,1H3. The van der Waals surface area contributed by atoms with Crippen LogP contribution in [0.15, 0.2) is 24.3 Å². The van der Waals surface area contributed by atoms with Crippen molar-refractivity contribution < 1.29 is 13.5 Å². The number of rotatable bonds is 6. The third kappa shape index (κ3) is 3.79. The van der Waals surface area contributed by atoms with Gasteiger partial charge in [-0.2, -0.15) is 0 Å². The average Bonchev–Trinajstić information content (AvgIpc) is 2.36. The highest BCUT2D eigenvalue weighted by molar-refractivity contribution is 7.88. The molecule has 0 aromatic heterocycles. The van der Waals surface area contributed by atoms with Crippen LogP contribution < -0.4 is 5.73 Å². The highest BCUT2D eigenvalue weighted by Crippen LogP contribution is 2.28. The van der Waals surface area contributed by atoms with Gasteiger partial charge in [0.1, 0.15) is 0 Å². The molecule has 0 spiro atoms. The molecular formula is C14H22N2O3S. The minimum Gasteiger partial charge on any atom is -0.393 e. The number of benzene rings is 1. The van der Waals surface area contributed by atoms with E-state index in [1.807, 2.05) is 18.2 Å². The lowest BCUT2D eigenvalue weighted by Gasteiger charge is -2.34. The summed E-state index contributed by atoms with van der Waals surface area (Å²) in [6.45, 7) is 0.889. The van der Waals surface area contributed by atoms with Crippen molar-refractivity contribution in [3.05, 3.63) is 35.4 Å². The molecule has 1 fully saturated rings. The first kappa shape index (κ1) is 15.4. The maximum Gasteiger partial charge on any atom is 0.218 e. The van der Waals surface area contributed by atoms with Crippen LogP contribution in [0.1, 0.15) is 24.0 Å². The van der Waals surface area contributed by atoms with Crippen molar-refractivity contribution in [3.8, 4) is 0 Å². The molecule has 0 aliphatic heterocycles. The number of nitrogens with two attached hydrogens (primary N) is 1. The van der Waals surface area contributed by atoms with Gasteiger partial charge in [-0.1, -0.05) is 24.3 Å². The van der Waals surface area contributed by atoms with Crippen molar-refractivity contribution in [1.82, 2.24) is 4.31 Å². The first-order valence-corrected chi connectivity index (χ1v) is 8.41. The second-order valence-corrected chi connectivity index (χ2v) is 7.63. The number of sulfonamides is 1. The van der Waals surface area contributed by atoms with Gasteiger partial charge in [-0.3, -0.25) is 0 Å². The lowest BCUT2D eigenvalue weighted by Crippen LogP contribution is -2.39. The van der Waals surface area contributed by atoms with Gasteiger partial charge in [0.25, 0.3) is 0 Å². The largest absolute Gasteiger partial charge is 0.393 e. The first-order chi connectivity index (χ1) is 9.40. The molecule has 0 unspecified atom stereocenters. The minimum atomic E-state index is -3.32. The van der Waals surface area contributed by atoms with Crippen molar-refractivity contribution in [1.29, 1.82) is 0 Å². The van der Waals surface area contributed by atoms with E-state index in [0.717, 1.165) is 11.1 Å². The van der Waals surface area contributed by atoms with Crippen molar-refractivity contribution in [3.63, 3.8) is 0 Å². The molecule has 0 amide bonds. The number of hydrogen-bond donors (Lipinski definition) is 2. The Morgan fingerprint density at radius 3 is 2.60 bits per heavy atom. The second kappa shape index (κ2) is 6.22. The highest BCUT2D eigenvalue weighted by Gasteiger charge is 2.31. The molecule has 20 heavy (non-hydrogen) atoms. The van der Waals surface area contributed by atoms with E-state index in [0.29, 0.717) is 25.9 Å². The molecule has 6 heteroatoms. The van der Waals surface area contributed by atoms with E-state index in [2.05, 4.69) is 0 Å². The highest BCUT2D eigenvalue weighted by atomic mass is 32.2. The minimum absolute atomic E-state index is 0.00733. The van der Waals surface area contributed by atoms with E-state index in [4.69, 9.17) is 5.73 Å². The fourth-order valence-electron chi connectivity index (χ4n) is 2.49. The van der Waals surface area contributed by atoms with Crippen molar-refractivity contribution in [2.45, 2.75) is 31.2 Å². The molecule has 1 aromatic carbocycles. The quantitative estimate of drug-likeness (QED) is 0.809. The lowest BCUT2D eigenvalue weighted by molar-refractivity contribution is 0.0367. The third-order valence-corrected chi connectivity index (χ3v) is 5.57. The van der Waals surface area contributed by atoms with Crippen molar-refractivity contribution in [2.24, 2.45) is 11.7 Å². The van der Waals surface area contributed by atoms with Gasteiger partial charge in [-0.15, -0.1) is 0 Å². The molecule has 0 atom stereocenters. The SMILES string of the molecule is CN(CC1CC(O)C1)S(=O)(=O)Cc1cccc(CN)c1. The van der Waals surface area contributed by atoms with Gasteiger partial charge in [0, 0.05) is 20.1 Å². The number of hydrogen-bond acceptors (Lipinski definition) is 4. The third-order valence-electron chi connectivity index (χ3n) is 3.78. The first-order valence-electron chi connectivity index (χ1n) is 6.80. The Bertz CT molecular complexity index is 553. The summed E-state index contributed by atoms with van der Waals surface area (Å²) < 4.78 is 26.0.